The molecule has 3 heterocycles. The molecule has 0 bridgehead atoms. The van der Waals surface area contributed by atoms with Crippen LogP contribution in [0.4, 0.5) is 10.6 Å². The summed E-state index contributed by atoms with van der Waals surface area (Å²) in [5.74, 6) is 1.42. The Bertz CT molecular complexity index is 1320. The number of anilines is 1. The number of urea groups is 1. The third kappa shape index (κ3) is 6.21. The number of carbonyl (C=O) groups is 1. The number of aryl methyl sites for hydroxylation is 1. The molecule has 1 fully saturated rings. The topological polar surface area (TPSA) is 72.7 Å². The standard InChI is InChI=1S/C30H42ClN5O3Si/c1-8-40(9-2,30(4,5)6)39-19-15-25-26(20-22(3)32-28(25)31)36-16-14-27(33-36)35-18-17-34(29(35)37)21-23-10-12-24(38-7)13-11-23/h10-14,16,20H,8-9,15,17-19,21H2,1-7H3. The van der Waals surface area contributed by atoms with Crippen molar-refractivity contribution in [2.75, 3.05) is 31.7 Å². The first kappa shape index (κ1) is 30.1. The first-order valence-electron chi connectivity index (χ1n) is 14.1. The van der Waals surface area contributed by atoms with Crippen molar-refractivity contribution in [1.82, 2.24) is 19.7 Å². The van der Waals surface area contributed by atoms with Gasteiger partial charge in [0.05, 0.1) is 12.8 Å². The fraction of sp³-hybridized carbons (Fsp3) is 0.500. The van der Waals surface area contributed by atoms with Crippen molar-refractivity contribution < 1.29 is 14.0 Å². The molecule has 1 aliphatic rings. The van der Waals surface area contributed by atoms with Crippen LogP contribution in [0.25, 0.3) is 5.69 Å². The molecule has 8 nitrogen and oxygen atoms in total. The van der Waals surface area contributed by atoms with Gasteiger partial charge in [-0.2, -0.15) is 0 Å². The SMILES string of the molecule is CC[Si](CC)(OCCc1c(-n2ccc(N3CCN(Cc4ccc(OC)cc4)C3=O)n2)cc(C)nc1Cl)C(C)(C)C. The number of pyridine rings is 1. The van der Waals surface area contributed by atoms with Gasteiger partial charge in [0.1, 0.15) is 10.9 Å². The molecular formula is C30H42ClN5O3Si. The highest BCUT2D eigenvalue weighted by atomic mass is 35.5. The maximum absolute atomic E-state index is 13.3. The summed E-state index contributed by atoms with van der Waals surface area (Å²) in [6, 6.07) is 13.8. The third-order valence-electron chi connectivity index (χ3n) is 8.14. The molecule has 1 aliphatic heterocycles. The Morgan fingerprint density at radius 1 is 1.07 bits per heavy atom. The molecule has 1 aromatic carbocycles. The Hall–Kier alpha value is -2.88. The van der Waals surface area contributed by atoms with Crippen molar-refractivity contribution in [2.45, 2.75) is 71.6 Å². The van der Waals surface area contributed by atoms with Crippen molar-refractivity contribution in [3.8, 4) is 11.4 Å². The van der Waals surface area contributed by atoms with Crippen molar-refractivity contribution in [3.05, 3.63) is 64.6 Å². The van der Waals surface area contributed by atoms with Gasteiger partial charge >= 0.3 is 6.03 Å². The van der Waals surface area contributed by atoms with Crippen LogP contribution in [0.2, 0.25) is 22.3 Å². The Kier molecular flexibility index (Phi) is 9.27. The molecular weight excluding hydrogens is 542 g/mol. The molecule has 216 valence electrons. The van der Waals surface area contributed by atoms with Crippen molar-refractivity contribution in [3.63, 3.8) is 0 Å². The Morgan fingerprint density at radius 3 is 2.40 bits per heavy atom. The summed E-state index contributed by atoms with van der Waals surface area (Å²) < 4.78 is 13.7. The zero-order valence-corrected chi connectivity index (χ0v) is 26.6. The van der Waals surface area contributed by atoms with E-state index in [0.717, 1.165) is 40.3 Å². The van der Waals surface area contributed by atoms with E-state index in [1.54, 1.807) is 16.7 Å². The summed E-state index contributed by atoms with van der Waals surface area (Å²) in [5, 5.41) is 5.42. The van der Waals surface area contributed by atoms with E-state index in [-0.39, 0.29) is 11.1 Å². The van der Waals surface area contributed by atoms with E-state index in [1.807, 2.05) is 54.4 Å². The minimum absolute atomic E-state index is 0.0544. The van der Waals surface area contributed by atoms with Crippen LogP contribution in [0, 0.1) is 6.92 Å². The monoisotopic (exact) mass is 583 g/mol. The second kappa shape index (κ2) is 12.3. The van der Waals surface area contributed by atoms with Gasteiger partial charge in [-0.05, 0) is 54.2 Å². The lowest BCUT2D eigenvalue weighted by Crippen LogP contribution is -2.46. The molecule has 0 aliphatic carbocycles. The number of benzene rings is 1. The molecule has 1 saturated heterocycles. The van der Waals surface area contributed by atoms with E-state index in [1.165, 1.54) is 0 Å². The van der Waals surface area contributed by atoms with Gasteiger partial charge in [-0.1, -0.05) is 58.4 Å². The van der Waals surface area contributed by atoms with E-state index >= 15 is 0 Å². The fourth-order valence-electron chi connectivity index (χ4n) is 5.65. The molecule has 0 saturated carbocycles. The van der Waals surface area contributed by atoms with E-state index in [9.17, 15) is 4.79 Å². The number of halogens is 1. The molecule has 0 atom stereocenters. The van der Waals surface area contributed by atoms with Gasteiger partial charge in [0.2, 0.25) is 0 Å². The zero-order chi connectivity index (χ0) is 29.1. The highest BCUT2D eigenvalue weighted by molar-refractivity contribution is 6.76. The predicted octanol–water partition coefficient (Wildman–Crippen LogP) is 7.02. The van der Waals surface area contributed by atoms with Crippen molar-refractivity contribution in [2.24, 2.45) is 0 Å². The molecule has 0 N–H and O–H groups in total. The Labute approximate surface area is 244 Å². The summed E-state index contributed by atoms with van der Waals surface area (Å²) >= 11 is 6.69. The Morgan fingerprint density at radius 2 is 1.77 bits per heavy atom. The number of methoxy groups -OCH3 is 1. The number of aromatic nitrogens is 3. The molecule has 4 rings (SSSR count). The first-order chi connectivity index (χ1) is 19.0. The molecule has 40 heavy (non-hydrogen) atoms. The molecule has 10 heteroatoms. The predicted molar refractivity (Wildman–Crippen MR) is 163 cm³/mol. The van der Waals surface area contributed by atoms with Crippen LogP contribution in [0.3, 0.4) is 0 Å². The largest absolute Gasteiger partial charge is 0.497 e. The number of rotatable bonds is 11. The number of carbonyl (C=O) groups excluding carboxylic acids is 1. The summed E-state index contributed by atoms with van der Waals surface area (Å²) in [6.45, 7) is 15.6. The molecule has 0 spiro atoms. The average molecular weight is 584 g/mol. The van der Waals surface area contributed by atoms with Crippen LogP contribution >= 0.6 is 11.6 Å². The maximum atomic E-state index is 13.3. The highest BCUT2D eigenvalue weighted by Crippen LogP contribution is 2.42. The first-order valence-corrected chi connectivity index (χ1v) is 16.8. The van der Waals surface area contributed by atoms with Gasteiger partial charge in [-0.15, -0.1) is 5.10 Å². The number of nitrogens with zero attached hydrogens (tertiary/aromatic N) is 5. The minimum Gasteiger partial charge on any atom is -0.497 e. The Balaban J connectivity index is 1.51. The minimum atomic E-state index is -1.93. The normalized spacial score (nSPS) is 14.3. The quantitative estimate of drug-likeness (QED) is 0.179. The van der Waals surface area contributed by atoms with Crippen LogP contribution in [0.1, 0.15) is 51.4 Å². The summed E-state index contributed by atoms with van der Waals surface area (Å²) in [4.78, 5) is 21.3. The van der Waals surface area contributed by atoms with Gasteiger partial charge in [0.25, 0.3) is 0 Å². The van der Waals surface area contributed by atoms with Crippen LogP contribution in [0.5, 0.6) is 5.75 Å². The van der Waals surface area contributed by atoms with Gasteiger partial charge in [-0.25, -0.2) is 14.5 Å². The lowest BCUT2D eigenvalue weighted by Gasteiger charge is -2.41. The summed E-state index contributed by atoms with van der Waals surface area (Å²) in [6.07, 6.45) is 2.52. The number of ether oxygens (including phenoxy) is 1. The number of hydrogen-bond donors (Lipinski definition) is 0. The van der Waals surface area contributed by atoms with Crippen molar-refractivity contribution in [1.29, 1.82) is 0 Å². The van der Waals surface area contributed by atoms with E-state index < -0.39 is 8.32 Å². The van der Waals surface area contributed by atoms with Crippen LogP contribution in [-0.2, 0) is 17.4 Å². The van der Waals surface area contributed by atoms with Crippen LogP contribution in [-0.4, -0.2) is 60.8 Å². The van der Waals surface area contributed by atoms with Crippen molar-refractivity contribution >= 4 is 31.8 Å². The number of amides is 2. The molecule has 2 amide bonds. The molecule has 2 aromatic heterocycles. The van der Waals surface area contributed by atoms with Gasteiger partial charge in [-0.3, -0.25) is 4.90 Å². The molecule has 3 aromatic rings. The average Bonchev–Trinajstić information content (AvgIpc) is 3.54. The summed E-state index contributed by atoms with van der Waals surface area (Å²) in [7, 11) is -0.281. The second-order valence-corrected chi connectivity index (χ2v) is 17.0. The lowest BCUT2D eigenvalue weighted by molar-refractivity contribution is 0.218. The fourth-order valence-corrected chi connectivity index (χ4v) is 9.93. The lowest BCUT2D eigenvalue weighted by atomic mass is 10.1. The van der Waals surface area contributed by atoms with Crippen LogP contribution in [0.15, 0.2) is 42.6 Å². The van der Waals surface area contributed by atoms with Gasteiger partial charge < -0.3 is 14.1 Å². The second-order valence-electron chi connectivity index (χ2n) is 11.4. The third-order valence-corrected chi connectivity index (χ3v) is 14.2. The highest BCUT2D eigenvalue weighted by Gasteiger charge is 2.43. The zero-order valence-electron chi connectivity index (χ0n) is 24.8. The van der Waals surface area contributed by atoms with E-state index in [4.69, 9.17) is 25.9 Å². The van der Waals surface area contributed by atoms with E-state index in [0.29, 0.717) is 43.6 Å². The van der Waals surface area contributed by atoms with Crippen LogP contribution < -0.4 is 9.64 Å². The van der Waals surface area contributed by atoms with Gasteiger partial charge in [0, 0.05) is 49.8 Å². The molecule has 0 unspecified atom stereocenters. The van der Waals surface area contributed by atoms with Gasteiger partial charge in [0.15, 0.2) is 14.1 Å². The number of hydrogen-bond acceptors (Lipinski definition) is 5. The van der Waals surface area contributed by atoms with E-state index in [2.05, 4.69) is 39.6 Å². The maximum Gasteiger partial charge on any atom is 0.326 e. The summed E-state index contributed by atoms with van der Waals surface area (Å²) in [5.41, 5.74) is 3.63. The molecule has 0 radical (unpaired) electrons. The smallest absolute Gasteiger partial charge is 0.326 e.